The van der Waals surface area contributed by atoms with Crippen molar-refractivity contribution in [1.29, 1.82) is 0 Å². The first-order chi connectivity index (χ1) is 7.52. The first-order valence-electron chi connectivity index (χ1n) is 4.60. The van der Waals surface area contributed by atoms with Gasteiger partial charge in [0.25, 0.3) is 0 Å². The van der Waals surface area contributed by atoms with Gasteiger partial charge in [-0.15, -0.1) is 0 Å². The van der Waals surface area contributed by atoms with Gasteiger partial charge in [-0.25, -0.2) is 0 Å². The van der Waals surface area contributed by atoms with Gasteiger partial charge in [-0.2, -0.15) is 5.10 Å². The second-order valence-corrected chi connectivity index (χ2v) is 3.30. The van der Waals surface area contributed by atoms with Crippen molar-refractivity contribution in [1.82, 2.24) is 15.1 Å². The van der Waals surface area contributed by atoms with E-state index in [2.05, 4.69) is 10.4 Å². The van der Waals surface area contributed by atoms with E-state index in [4.69, 9.17) is 5.11 Å². The van der Waals surface area contributed by atoms with Gasteiger partial charge in [-0.3, -0.25) is 19.6 Å². The van der Waals surface area contributed by atoms with E-state index < -0.39 is 4.92 Å². The van der Waals surface area contributed by atoms with E-state index in [0.717, 1.165) is 10.9 Å². The molecule has 0 aromatic carbocycles. The minimum absolute atomic E-state index is 0.113. The molecule has 0 unspecified atom stereocenters. The van der Waals surface area contributed by atoms with E-state index >= 15 is 0 Å². The van der Waals surface area contributed by atoms with Crippen molar-refractivity contribution in [3.8, 4) is 0 Å². The molecule has 0 aliphatic carbocycles. The number of carbonyl (C=O) groups is 1. The first-order valence-corrected chi connectivity index (χ1v) is 4.60. The van der Waals surface area contributed by atoms with Crippen LogP contribution >= 0.6 is 0 Å². The zero-order valence-electron chi connectivity index (χ0n) is 8.66. The molecular formula is C8H12N4O4. The molecule has 0 saturated carbocycles. The van der Waals surface area contributed by atoms with E-state index in [-0.39, 0.29) is 30.8 Å². The summed E-state index contributed by atoms with van der Waals surface area (Å²) in [4.78, 5) is 21.1. The predicted molar refractivity (Wildman–Crippen MR) is 53.6 cm³/mol. The smallest absolute Gasteiger partial charge is 0.307 e. The Balaban J connectivity index is 2.53. The average Bonchev–Trinajstić information content (AvgIpc) is 2.65. The molecule has 88 valence electrons. The molecule has 0 spiro atoms. The van der Waals surface area contributed by atoms with Crippen LogP contribution in [0.1, 0.15) is 6.92 Å². The summed E-state index contributed by atoms with van der Waals surface area (Å²) in [5, 5.41) is 25.2. The SMILES string of the molecule is C[C@H](CO)NC(=O)Cn1cc([N+](=O)[O-])cn1. The Kier molecular flexibility index (Phi) is 3.95. The third kappa shape index (κ3) is 3.31. The zero-order valence-corrected chi connectivity index (χ0v) is 8.66. The molecule has 0 aliphatic heterocycles. The van der Waals surface area contributed by atoms with Crippen molar-refractivity contribution in [3.05, 3.63) is 22.5 Å². The van der Waals surface area contributed by atoms with Crippen LogP contribution in [-0.4, -0.2) is 38.4 Å². The number of nitrogens with one attached hydrogen (secondary N) is 1. The van der Waals surface area contributed by atoms with Crippen LogP contribution < -0.4 is 5.32 Å². The van der Waals surface area contributed by atoms with E-state index in [1.807, 2.05) is 0 Å². The molecule has 0 aliphatic rings. The second kappa shape index (κ2) is 5.21. The predicted octanol–water partition coefficient (Wildman–Crippen LogP) is -0.712. The van der Waals surface area contributed by atoms with Crippen LogP contribution in [0.15, 0.2) is 12.4 Å². The van der Waals surface area contributed by atoms with E-state index in [9.17, 15) is 14.9 Å². The van der Waals surface area contributed by atoms with Crippen LogP contribution in [0.25, 0.3) is 0 Å². The molecule has 1 aromatic heterocycles. The largest absolute Gasteiger partial charge is 0.394 e. The van der Waals surface area contributed by atoms with E-state index in [1.165, 1.54) is 6.20 Å². The van der Waals surface area contributed by atoms with Crippen molar-refractivity contribution >= 4 is 11.6 Å². The highest BCUT2D eigenvalue weighted by atomic mass is 16.6. The van der Waals surface area contributed by atoms with Crippen molar-refractivity contribution in [2.75, 3.05) is 6.61 Å². The summed E-state index contributed by atoms with van der Waals surface area (Å²) >= 11 is 0. The quantitative estimate of drug-likeness (QED) is 0.510. The van der Waals surface area contributed by atoms with E-state index in [1.54, 1.807) is 6.92 Å². The van der Waals surface area contributed by atoms with Crippen molar-refractivity contribution < 1.29 is 14.8 Å². The Hall–Kier alpha value is -1.96. The van der Waals surface area contributed by atoms with Crippen molar-refractivity contribution in [2.24, 2.45) is 0 Å². The number of rotatable bonds is 5. The van der Waals surface area contributed by atoms with E-state index in [0.29, 0.717) is 0 Å². The molecule has 1 aromatic rings. The molecule has 1 atom stereocenters. The summed E-state index contributed by atoms with van der Waals surface area (Å²) in [6.07, 6.45) is 2.24. The monoisotopic (exact) mass is 228 g/mol. The maximum absolute atomic E-state index is 11.3. The van der Waals surface area contributed by atoms with Crippen LogP contribution in [-0.2, 0) is 11.3 Å². The molecule has 0 bridgehead atoms. The third-order valence-corrected chi connectivity index (χ3v) is 1.82. The number of nitrogens with zero attached hydrogens (tertiary/aromatic N) is 3. The topological polar surface area (TPSA) is 110 Å². The highest BCUT2D eigenvalue weighted by molar-refractivity contribution is 5.75. The Bertz CT molecular complexity index is 389. The van der Waals surface area contributed by atoms with Gasteiger partial charge in [0.15, 0.2) is 0 Å². The Labute approximate surface area is 91.0 Å². The Morgan fingerprint density at radius 2 is 2.50 bits per heavy atom. The highest BCUT2D eigenvalue weighted by Gasteiger charge is 2.12. The average molecular weight is 228 g/mol. The molecule has 0 fully saturated rings. The summed E-state index contributed by atoms with van der Waals surface area (Å²) < 4.78 is 1.16. The standard InChI is InChI=1S/C8H12N4O4/c1-6(5-13)10-8(14)4-11-3-7(2-9-11)12(15)16/h2-3,6,13H,4-5H2,1H3,(H,10,14)/t6-/m1/s1. The summed E-state index contributed by atoms with van der Waals surface area (Å²) in [6.45, 7) is 1.37. The van der Waals surface area contributed by atoms with Crippen LogP contribution in [0.3, 0.4) is 0 Å². The van der Waals surface area contributed by atoms with Gasteiger partial charge < -0.3 is 10.4 Å². The number of aliphatic hydroxyl groups excluding tert-OH is 1. The lowest BCUT2D eigenvalue weighted by molar-refractivity contribution is -0.385. The summed E-state index contributed by atoms with van der Waals surface area (Å²) in [5.41, 5.74) is -0.164. The van der Waals surface area contributed by atoms with Crippen LogP contribution in [0.4, 0.5) is 5.69 Å². The molecule has 8 heteroatoms. The van der Waals surface area contributed by atoms with Gasteiger partial charge in [0.2, 0.25) is 5.91 Å². The molecule has 0 saturated heterocycles. The molecule has 16 heavy (non-hydrogen) atoms. The normalized spacial score (nSPS) is 12.1. The van der Waals surface area contributed by atoms with Crippen molar-refractivity contribution in [3.63, 3.8) is 0 Å². The lowest BCUT2D eigenvalue weighted by Crippen LogP contribution is -2.37. The highest BCUT2D eigenvalue weighted by Crippen LogP contribution is 2.07. The lowest BCUT2D eigenvalue weighted by atomic mass is 10.3. The number of hydrogen-bond donors (Lipinski definition) is 2. The molecule has 1 rings (SSSR count). The molecule has 1 amide bonds. The summed E-state index contributed by atoms with van der Waals surface area (Å²) in [6, 6.07) is -0.349. The van der Waals surface area contributed by atoms with Gasteiger partial charge in [-0.05, 0) is 6.92 Å². The third-order valence-electron chi connectivity index (χ3n) is 1.82. The lowest BCUT2D eigenvalue weighted by Gasteiger charge is -2.10. The van der Waals surface area contributed by atoms with Crippen LogP contribution in [0.5, 0.6) is 0 Å². The van der Waals surface area contributed by atoms with Crippen LogP contribution in [0, 0.1) is 10.1 Å². The number of carbonyl (C=O) groups excluding carboxylic acids is 1. The molecule has 0 radical (unpaired) electrons. The summed E-state index contributed by atoms with van der Waals surface area (Å²) in [5.74, 6) is -0.362. The maximum Gasteiger partial charge on any atom is 0.307 e. The molecule has 1 heterocycles. The fraction of sp³-hybridized carbons (Fsp3) is 0.500. The first kappa shape index (κ1) is 12.1. The van der Waals surface area contributed by atoms with Gasteiger partial charge in [0.1, 0.15) is 18.9 Å². The Morgan fingerprint density at radius 3 is 3.00 bits per heavy atom. The number of aromatic nitrogens is 2. The van der Waals surface area contributed by atoms with Gasteiger partial charge in [-0.1, -0.05) is 0 Å². The number of nitro groups is 1. The second-order valence-electron chi connectivity index (χ2n) is 3.30. The van der Waals surface area contributed by atoms with Crippen molar-refractivity contribution in [2.45, 2.75) is 19.5 Å². The van der Waals surface area contributed by atoms with Gasteiger partial charge in [0.05, 0.1) is 11.5 Å². The minimum Gasteiger partial charge on any atom is -0.394 e. The Morgan fingerprint density at radius 1 is 1.81 bits per heavy atom. The number of amides is 1. The minimum atomic E-state index is -0.586. The molecular weight excluding hydrogens is 216 g/mol. The molecule has 8 nitrogen and oxygen atoms in total. The maximum atomic E-state index is 11.3. The summed E-state index contributed by atoms with van der Waals surface area (Å²) in [7, 11) is 0. The van der Waals surface area contributed by atoms with Gasteiger partial charge >= 0.3 is 5.69 Å². The van der Waals surface area contributed by atoms with Crippen LogP contribution in [0.2, 0.25) is 0 Å². The fourth-order valence-electron chi connectivity index (χ4n) is 1.05. The fourth-order valence-corrected chi connectivity index (χ4v) is 1.05. The number of hydrogen-bond acceptors (Lipinski definition) is 5. The van der Waals surface area contributed by atoms with Gasteiger partial charge in [0, 0.05) is 6.04 Å². The number of aliphatic hydroxyl groups is 1. The zero-order chi connectivity index (χ0) is 12.1. The molecule has 2 N–H and O–H groups in total.